The molecule has 108 valence electrons. The van der Waals surface area contributed by atoms with Crippen LogP contribution in [0, 0.1) is 5.53 Å². The van der Waals surface area contributed by atoms with Crippen LogP contribution in [0.5, 0.6) is 17.2 Å². The van der Waals surface area contributed by atoms with Crippen LogP contribution in [0.1, 0.15) is 0 Å². The van der Waals surface area contributed by atoms with Crippen LogP contribution in [0.25, 0.3) is 0 Å². The number of azo groups is 1. The predicted octanol–water partition coefficient (Wildman–Crippen LogP) is 4.49. The minimum absolute atomic E-state index is 0.162. The summed E-state index contributed by atoms with van der Waals surface area (Å²) in [6.07, 6.45) is 0. The number of aromatic hydroxyl groups is 1. The number of rotatable bonds is 5. The number of ether oxygens (including phenoxy) is 2. The molecule has 0 aromatic heterocycles. The minimum Gasteiger partial charge on any atom is -0.508 e. The highest BCUT2D eigenvalue weighted by atomic mass is 16.5. The van der Waals surface area contributed by atoms with Crippen LogP contribution in [0.4, 0.5) is 17.1 Å². The van der Waals surface area contributed by atoms with Crippen molar-refractivity contribution in [3.05, 3.63) is 36.4 Å². The summed E-state index contributed by atoms with van der Waals surface area (Å²) in [5, 5.41) is 20.7. The number of hydrogen-bond acceptors (Lipinski definition) is 7. The van der Waals surface area contributed by atoms with Crippen molar-refractivity contribution in [1.82, 2.24) is 0 Å². The zero-order valence-electron chi connectivity index (χ0n) is 11.6. The second-order valence-electron chi connectivity index (χ2n) is 4.02. The van der Waals surface area contributed by atoms with E-state index in [9.17, 15) is 5.11 Å². The van der Waals surface area contributed by atoms with E-state index < -0.39 is 0 Å². The smallest absolute Gasteiger partial charge is 0.148 e. The number of methoxy groups -OCH3 is 2. The molecule has 0 aliphatic heterocycles. The van der Waals surface area contributed by atoms with Crippen LogP contribution in [0.3, 0.4) is 0 Å². The van der Waals surface area contributed by atoms with Crippen LogP contribution in [-0.4, -0.2) is 19.3 Å². The predicted molar refractivity (Wildman–Crippen MR) is 76.6 cm³/mol. The molecule has 0 heterocycles. The standard InChI is InChI=1S/C14H14N4O3/c1-20-13-8-12(14(21-2)7-11(13)16-15)18-17-9-3-5-10(19)6-4-9/h3-8,15,19H,1-2H3. The SMILES string of the molecule is COc1cc(N=Nc2ccc(O)cc2)c(OC)cc1N=N. The summed E-state index contributed by atoms with van der Waals surface area (Å²) in [7, 11) is 2.98. The first-order valence-corrected chi connectivity index (χ1v) is 6.02. The van der Waals surface area contributed by atoms with Gasteiger partial charge in [-0.05, 0) is 24.3 Å². The Morgan fingerprint density at radius 1 is 0.905 bits per heavy atom. The van der Waals surface area contributed by atoms with Crippen LogP contribution < -0.4 is 9.47 Å². The number of phenolic OH excluding ortho intramolecular Hbond substituents is 1. The summed E-state index contributed by atoms with van der Waals surface area (Å²) in [4.78, 5) is 0. The first-order valence-electron chi connectivity index (χ1n) is 6.02. The van der Waals surface area contributed by atoms with Gasteiger partial charge in [0, 0.05) is 12.1 Å². The molecule has 21 heavy (non-hydrogen) atoms. The molecule has 2 aromatic rings. The lowest BCUT2D eigenvalue weighted by Crippen LogP contribution is -1.87. The third-order valence-corrected chi connectivity index (χ3v) is 2.72. The molecule has 0 saturated carbocycles. The van der Waals surface area contributed by atoms with Gasteiger partial charge in [-0.15, -0.1) is 5.11 Å². The van der Waals surface area contributed by atoms with E-state index in [0.29, 0.717) is 28.6 Å². The van der Waals surface area contributed by atoms with E-state index in [4.69, 9.17) is 15.0 Å². The quantitative estimate of drug-likeness (QED) is 0.792. The summed E-state index contributed by atoms with van der Waals surface area (Å²) in [6.45, 7) is 0. The molecule has 0 saturated heterocycles. The zero-order chi connectivity index (χ0) is 15.2. The Morgan fingerprint density at radius 2 is 1.48 bits per heavy atom. The van der Waals surface area contributed by atoms with Gasteiger partial charge < -0.3 is 14.6 Å². The van der Waals surface area contributed by atoms with Gasteiger partial charge in [-0.25, -0.2) is 5.53 Å². The molecule has 2 N–H and O–H groups in total. The van der Waals surface area contributed by atoms with Gasteiger partial charge in [0.15, 0.2) is 0 Å². The molecule has 0 amide bonds. The average molecular weight is 286 g/mol. The van der Waals surface area contributed by atoms with Gasteiger partial charge >= 0.3 is 0 Å². The summed E-state index contributed by atoms with van der Waals surface area (Å²) >= 11 is 0. The fourth-order valence-electron chi connectivity index (χ4n) is 1.66. The molecule has 2 rings (SSSR count). The molecule has 0 fully saturated rings. The average Bonchev–Trinajstić information content (AvgIpc) is 2.53. The second-order valence-corrected chi connectivity index (χ2v) is 4.02. The highest BCUT2D eigenvalue weighted by molar-refractivity contribution is 5.66. The zero-order valence-corrected chi connectivity index (χ0v) is 11.6. The minimum atomic E-state index is 0.162. The molecular formula is C14H14N4O3. The van der Waals surface area contributed by atoms with Gasteiger partial charge in [0.2, 0.25) is 0 Å². The highest BCUT2D eigenvalue weighted by Gasteiger charge is 2.10. The molecule has 0 atom stereocenters. The molecule has 0 aliphatic carbocycles. The van der Waals surface area contributed by atoms with Crippen molar-refractivity contribution in [3.63, 3.8) is 0 Å². The Bertz CT molecular complexity index is 669. The normalized spacial score (nSPS) is 10.6. The van der Waals surface area contributed by atoms with Crippen molar-refractivity contribution >= 4 is 17.1 Å². The summed E-state index contributed by atoms with van der Waals surface area (Å²) in [5.41, 5.74) is 8.48. The van der Waals surface area contributed by atoms with Crippen LogP contribution in [0.15, 0.2) is 51.7 Å². The Labute approximate surface area is 121 Å². The van der Waals surface area contributed by atoms with Crippen LogP contribution >= 0.6 is 0 Å². The van der Waals surface area contributed by atoms with Crippen molar-refractivity contribution in [2.45, 2.75) is 0 Å². The van der Waals surface area contributed by atoms with Gasteiger partial charge in [-0.2, -0.15) is 10.2 Å². The molecule has 0 bridgehead atoms. The third kappa shape index (κ3) is 3.33. The lowest BCUT2D eigenvalue weighted by atomic mass is 10.2. The van der Waals surface area contributed by atoms with E-state index in [-0.39, 0.29) is 5.75 Å². The topological polar surface area (TPSA) is 99.6 Å². The van der Waals surface area contributed by atoms with E-state index >= 15 is 0 Å². The summed E-state index contributed by atoms with van der Waals surface area (Å²) in [5.74, 6) is 1.00. The fraction of sp³-hybridized carbons (Fsp3) is 0.143. The van der Waals surface area contributed by atoms with E-state index in [1.54, 1.807) is 24.3 Å². The first kappa shape index (κ1) is 14.4. The largest absolute Gasteiger partial charge is 0.508 e. The molecular weight excluding hydrogens is 272 g/mol. The second kappa shape index (κ2) is 6.47. The number of hydrogen-bond donors (Lipinski definition) is 2. The Morgan fingerprint density at radius 3 is 2.05 bits per heavy atom. The Hall–Kier alpha value is -2.96. The molecule has 7 heteroatoms. The van der Waals surface area contributed by atoms with Gasteiger partial charge in [0.1, 0.15) is 28.6 Å². The van der Waals surface area contributed by atoms with Crippen molar-refractivity contribution in [2.24, 2.45) is 15.3 Å². The maximum absolute atomic E-state index is 9.21. The van der Waals surface area contributed by atoms with Crippen molar-refractivity contribution < 1.29 is 14.6 Å². The lowest BCUT2D eigenvalue weighted by Gasteiger charge is -2.08. The van der Waals surface area contributed by atoms with Crippen molar-refractivity contribution in [1.29, 1.82) is 5.53 Å². The van der Waals surface area contributed by atoms with Gasteiger partial charge in [-0.1, -0.05) is 0 Å². The number of nitrogens with one attached hydrogen (secondary N) is 1. The summed E-state index contributed by atoms with van der Waals surface area (Å²) in [6, 6.07) is 9.46. The molecule has 0 aliphatic rings. The monoisotopic (exact) mass is 286 g/mol. The van der Waals surface area contributed by atoms with E-state index in [2.05, 4.69) is 15.3 Å². The Kier molecular flexibility index (Phi) is 4.45. The number of benzene rings is 2. The molecule has 0 unspecified atom stereocenters. The lowest BCUT2D eigenvalue weighted by molar-refractivity contribution is 0.405. The van der Waals surface area contributed by atoms with Gasteiger partial charge in [-0.3, -0.25) is 0 Å². The highest BCUT2D eigenvalue weighted by Crippen LogP contribution is 2.40. The molecule has 2 aromatic carbocycles. The first-order chi connectivity index (χ1) is 10.2. The van der Waals surface area contributed by atoms with Crippen LogP contribution in [-0.2, 0) is 0 Å². The Balaban J connectivity index is 2.38. The van der Waals surface area contributed by atoms with Crippen LogP contribution in [0.2, 0.25) is 0 Å². The van der Waals surface area contributed by atoms with E-state index in [1.165, 1.54) is 26.4 Å². The summed E-state index contributed by atoms with van der Waals surface area (Å²) < 4.78 is 10.3. The van der Waals surface area contributed by atoms with Gasteiger partial charge in [0.05, 0.1) is 19.9 Å². The van der Waals surface area contributed by atoms with Gasteiger partial charge in [0.25, 0.3) is 0 Å². The van der Waals surface area contributed by atoms with Crippen molar-refractivity contribution in [3.8, 4) is 17.2 Å². The number of nitrogens with zero attached hydrogens (tertiary/aromatic N) is 3. The van der Waals surface area contributed by atoms with E-state index in [1.807, 2.05) is 0 Å². The maximum atomic E-state index is 9.21. The third-order valence-electron chi connectivity index (χ3n) is 2.72. The van der Waals surface area contributed by atoms with E-state index in [0.717, 1.165) is 0 Å². The van der Waals surface area contributed by atoms with Crippen molar-refractivity contribution in [2.75, 3.05) is 14.2 Å². The maximum Gasteiger partial charge on any atom is 0.148 e. The molecule has 7 nitrogen and oxygen atoms in total. The number of phenols is 1. The molecule has 0 radical (unpaired) electrons. The molecule has 0 spiro atoms. The fourth-order valence-corrected chi connectivity index (χ4v) is 1.66.